The van der Waals surface area contributed by atoms with E-state index in [0.29, 0.717) is 11.5 Å². The molecule has 3 heteroatoms. The molecule has 0 amide bonds. The van der Waals surface area contributed by atoms with Crippen molar-refractivity contribution in [3.8, 4) is 5.75 Å². The van der Waals surface area contributed by atoms with Gasteiger partial charge in [0.05, 0.1) is 11.6 Å². The quantitative estimate of drug-likeness (QED) is 0.800. The minimum atomic E-state index is 0.302. The van der Waals surface area contributed by atoms with Crippen LogP contribution in [0.25, 0.3) is 0 Å². The van der Waals surface area contributed by atoms with Gasteiger partial charge in [0.2, 0.25) is 0 Å². The molecule has 0 saturated carbocycles. The molecular formula is C16H26BrNO. The molecule has 0 aliphatic rings. The van der Waals surface area contributed by atoms with E-state index in [1.54, 1.807) is 7.11 Å². The molecule has 0 heterocycles. The first-order chi connectivity index (χ1) is 8.84. The highest BCUT2D eigenvalue weighted by Crippen LogP contribution is 2.30. The van der Waals surface area contributed by atoms with Crippen LogP contribution in [0.3, 0.4) is 0 Å². The second-order valence-electron chi connectivity index (χ2n) is 6.17. The Hall–Kier alpha value is -0.540. The molecule has 1 rings (SSSR count). The van der Waals surface area contributed by atoms with Gasteiger partial charge in [0.15, 0.2) is 0 Å². The lowest BCUT2D eigenvalue weighted by Gasteiger charge is -2.25. The summed E-state index contributed by atoms with van der Waals surface area (Å²) in [5.41, 5.74) is 1.65. The van der Waals surface area contributed by atoms with E-state index in [4.69, 9.17) is 4.74 Å². The van der Waals surface area contributed by atoms with Crippen LogP contribution >= 0.6 is 15.9 Å². The third-order valence-electron chi connectivity index (χ3n) is 3.25. The normalized spacial score (nSPS) is 11.9. The lowest BCUT2D eigenvalue weighted by molar-refractivity contribution is 0.320. The van der Waals surface area contributed by atoms with Crippen LogP contribution in [0.5, 0.6) is 5.75 Å². The Bertz CT molecular complexity index is 402. The zero-order chi connectivity index (χ0) is 14.5. The maximum atomic E-state index is 5.26. The van der Waals surface area contributed by atoms with Crippen molar-refractivity contribution < 1.29 is 4.74 Å². The summed E-state index contributed by atoms with van der Waals surface area (Å²) in [4.78, 5) is 0. The second kappa shape index (κ2) is 7.30. The number of benzene rings is 1. The first-order valence-electron chi connectivity index (χ1n) is 6.90. The number of nitrogens with one attached hydrogen (secondary N) is 1. The fourth-order valence-corrected chi connectivity index (χ4v) is 2.75. The molecule has 1 aromatic carbocycles. The Morgan fingerprint density at radius 2 is 2.00 bits per heavy atom. The van der Waals surface area contributed by atoms with E-state index in [0.717, 1.165) is 23.2 Å². The SMILES string of the molecule is COc1ccc(CC(C)(C)CCNC(C)C)cc1Br. The molecule has 0 bridgehead atoms. The maximum Gasteiger partial charge on any atom is 0.133 e. The van der Waals surface area contributed by atoms with Gasteiger partial charge in [0.25, 0.3) is 0 Å². The van der Waals surface area contributed by atoms with Crippen molar-refractivity contribution >= 4 is 15.9 Å². The molecule has 0 spiro atoms. The molecule has 0 saturated heterocycles. The molecule has 0 unspecified atom stereocenters. The van der Waals surface area contributed by atoms with E-state index < -0.39 is 0 Å². The highest BCUT2D eigenvalue weighted by atomic mass is 79.9. The Kier molecular flexibility index (Phi) is 6.34. The smallest absolute Gasteiger partial charge is 0.133 e. The average molecular weight is 328 g/mol. The fraction of sp³-hybridized carbons (Fsp3) is 0.625. The summed E-state index contributed by atoms with van der Waals surface area (Å²) in [6, 6.07) is 6.91. The summed E-state index contributed by atoms with van der Waals surface area (Å²) >= 11 is 3.55. The monoisotopic (exact) mass is 327 g/mol. The van der Waals surface area contributed by atoms with Gasteiger partial charge in [-0.1, -0.05) is 33.8 Å². The number of halogens is 1. The third kappa shape index (κ3) is 5.96. The van der Waals surface area contributed by atoms with Gasteiger partial charge in [0.1, 0.15) is 5.75 Å². The Balaban J connectivity index is 2.59. The Morgan fingerprint density at radius 3 is 2.53 bits per heavy atom. The topological polar surface area (TPSA) is 21.3 Å². The van der Waals surface area contributed by atoms with Gasteiger partial charge in [0, 0.05) is 6.04 Å². The zero-order valence-corrected chi connectivity index (χ0v) is 14.3. The van der Waals surface area contributed by atoms with Crippen molar-refractivity contribution in [2.45, 2.75) is 46.6 Å². The highest BCUT2D eigenvalue weighted by Gasteiger charge is 2.18. The zero-order valence-electron chi connectivity index (χ0n) is 12.7. The van der Waals surface area contributed by atoms with Crippen molar-refractivity contribution in [3.63, 3.8) is 0 Å². The largest absolute Gasteiger partial charge is 0.496 e. The molecular weight excluding hydrogens is 302 g/mol. The van der Waals surface area contributed by atoms with Gasteiger partial charge in [-0.15, -0.1) is 0 Å². The maximum absolute atomic E-state index is 5.26. The molecule has 2 nitrogen and oxygen atoms in total. The van der Waals surface area contributed by atoms with Gasteiger partial charge in [-0.3, -0.25) is 0 Å². The van der Waals surface area contributed by atoms with Crippen LogP contribution in [0.1, 0.15) is 39.7 Å². The van der Waals surface area contributed by atoms with Crippen LogP contribution in [-0.4, -0.2) is 19.7 Å². The molecule has 108 valence electrons. The van der Waals surface area contributed by atoms with E-state index in [1.165, 1.54) is 12.0 Å². The van der Waals surface area contributed by atoms with Crippen LogP contribution in [-0.2, 0) is 6.42 Å². The fourth-order valence-electron chi connectivity index (χ4n) is 2.16. The van der Waals surface area contributed by atoms with Crippen LogP contribution in [0.15, 0.2) is 22.7 Å². The van der Waals surface area contributed by atoms with Crippen LogP contribution in [0.4, 0.5) is 0 Å². The van der Waals surface area contributed by atoms with E-state index in [-0.39, 0.29) is 0 Å². The molecule has 19 heavy (non-hydrogen) atoms. The van der Waals surface area contributed by atoms with E-state index in [2.05, 4.69) is 61.1 Å². The lowest BCUT2D eigenvalue weighted by atomic mass is 9.82. The van der Waals surface area contributed by atoms with Crippen molar-refractivity contribution in [2.75, 3.05) is 13.7 Å². The number of ether oxygens (including phenoxy) is 1. The Morgan fingerprint density at radius 1 is 1.32 bits per heavy atom. The standard InChI is InChI=1S/C16H26BrNO/c1-12(2)18-9-8-16(3,4)11-13-6-7-15(19-5)14(17)10-13/h6-7,10,12,18H,8-9,11H2,1-5H3. The predicted molar refractivity (Wildman–Crippen MR) is 85.9 cm³/mol. The van der Waals surface area contributed by atoms with Crippen LogP contribution in [0, 0.1) is 5.41 Å². The van der Waals surface area contributed by atoms with Gasteiger partial charge in [-0.2, -0.15) is 0 Å². The summed E-state index contributed by atoms with van der Waals surface area (Å²) in [6.07, 6.45) is 2.25. The van der Waals surface area contributed by atoms with Crippen LogP contribution < -0.4 is 10.1 Å². The molecule has 0 aliphatic heterocycles. The molecule has 0 fully saturated rings. The van der Waals surface area contributed by atoms with Gasteiger partial charge >= 0.3 is 0 Å². The van der Waals surface area contributed by atoms with Gasteiger partial charge in [-0.05, 0) is 58.4 Å². The minimum absolute atomic E-state index is 0.302. The molecule has 0 atom stereocenters. The molecule has 0 radical (unpaired) electrons. The van der Waals surface area contributed by atoms with Crippen molar-refractivity contribution in [1.82, 2.24) is 5.32 Å². The van der Waals surface area contributed by atoms with Crippen LogP contribution in [0.2, 0.25) is 0 Å². The molecule has 1 aromatic rings. The predicted octanol–water partition coefficient (Wildman–Crippen LogP) is 4.41. The van der Waals surface area contributed by atoms with Gasteiger partial charge < -0.3 is 10.1 Å². The average Bonchev–Trinajstić information content (AvgIpc) is 2.27. The van der Waals surface area contributed by atoms with Crippen molar-refractivity contribution in [3.05, 3.63) is 28.2 Å². The first kappa shape index (κ1) is 16.5. The summed E-state index contributed by atoms with van der Waals surface area (Å²) < 4.78 is 6.30. The minimum Gasteiger partial charge on any atom is -0.496 e. The van der Waals surface area contributed by atoms with E-state index in [9.17, 15) is 0 Å². The first-order valence-corrected chi connectivity index (χ1v) is 7.69. The summed E-state index contributed by atoms with van der Waals surface area (Å²) in [6.45, 7) is 10.1. The number of methoxy groups -OCH3 is 1. The second-order valence-corrected chi connectivity index (χ2v) is 7.02. The van der Waals surface area contributed by atoms with Crippen molar-refractivity contribution in [2.24, 2.45) is 5.41 Å². The molecule has 0 aliphatic carbocycles. The van der Waals surface area contributed by atoms with Crippen molar-refractivity contribution in [1.29, 1.82) is 0 Å². The highest BCUT2D eigenvalue weighted by molar-refractivity contribution is 9.10. The summed E-state index contributed by atoms with van der Waals surface area (Å²) in [7, 11) is 1.70. The number of hydrogen-bond acceptors (Lipinski definition) is 2. The number of rotatable bonds is 7. The third-order valence-corrected chi connectivity index (χ3v) is 3.87. The van der Waals surface area contributed by atoms with E-state index >= 15 is 0 Å². The molecule has 1 N–H and O–H groups in total. The van der Waals surface area contributed by atoms with E-state index in [1.807, 2.05) is 6.07 Å². The summed E-state index contributed by atoms with van der Waals surface area (Å²) in [5, 5.41) is 3.49. The molecule has 0 aromatic heterocycles. The Labute approximate surface area is 126 Å². The van der Waals surface area contributed by atoms with Gasteiger partial charge in [-0.25, -0.2) is 0 Å². The summed E-state index contributed by atoms with van der Waals surface area (Å²) in [5.74, 6) is 0.892. The number of hydrogen-bond donors (Lipinski definition) is 1. The lowest BCUT2D eigenvalue weighted by Crippen LogP contribution is -2.28.